The number of anilines is 1. The van der Waals surface area contributed by atoms with Crippen LogP contribution in [-0.2, 0) is 0 Å². The van der Waals surface area contributed by atoms with Crippen LogP contribution in [0.3, 0.4) is 0 Å². The molecule has 0 amide bonds. The van der Waals surface area contributed by atoms with Crippen molar-refractivity contribution < 1.29 is 4.74 Å². The van der Waals surface area contributed by atoms with Crippen LogP contribution in [0, 0.1) is 20.8 Å². The minimum absolute atomic E-state index is 0.536. The first kappa shape index (κ1) is 15.8. The van der Waals surface area contributed by atoms with Crippen molar-refractivity contribution in [3.05, 3.63) is 22.8 Å². The summed E-state index contributed by atoms with van der Waals surface area (Å²) in [5.74, 6) is 1.01. The Morgan fingerprint density at radius 2 is 1.84 bits per heavy atom. The highest BCUT2D eigenvalue weighted by Gasteiger charge is 2.13. The number of aryl methyl sites for hydroxylation is 1. The lowest BCUT2D eigenvalue weighted by molar-refractivity contribution is 0.408. The van der Waals surface area contributed by atoms with Crippen molar-refractivity contribution in [3.63, 3.8) is 0 Å². The number of nitrogens with zero attached hydrogens (tertiary/aromatic N) is 1. The molecule has 1 N–H and O–H groups in total. The SMILES string of the molecule is COc1c(C)cc(N(C)CCNC(C)C)c(C)c1C. The molecule has 3 nitrogen and oxygen atoms in total. The van der Waals surface area contributed by atoms with Gasteiger partial charge in [-0.15, -0.1) is 0 Å². The third-order valence-corrected chi connectivity index (χ3v) is 3.61. The summed E-state index contributed by atoms with van der Waals surface area (Å²) in [7, 11) is 3.89. The van der Waals surface area contributed by atoms with Crippen molar-refractivity contribution in [1.82, 2.24) is 5.32 Å². The highest BCUT2D eigenvalue weighted by Crippen LogP contribution is 2.32. The molecule has 0 spiro atoms. The van der Waals surface area contributed by atoms with Gasteiger partial charge in [0.1, 0.15) is 5.75 Å². The maximum Gasteiger partial charge on any atom is 0.125 e. The largest absolute Gasteiger partial charge is 0.496 e. The molecule has 1 aromatic rings. The molecule has 0 aliphatic rings. The van der Waals surface area contributed by atoms with Crippen molar-refractivity contribution in [1.29, 1.82) is 0 Å². The Hall–Kier alpha value is -1.22. The quantitative estimate of drug-likeness (QED) is 0.854. The Morgan fingerprint density at radius 3 is 2.37 bits per heavy atom. The first-order valence-corrected chi connectivity index (χ1v) is 6.97. The van der Waals surface area contributed by atoms with Gasteiger partial charge in [0.2, 0.25) is 0 Å². The summed E-state index contributed by atoms with van der Waals surface area (Å²) in [5, 5.41) is 3.45. The number of benzene rings is 1. The number of methoxy groups -OCH3 is 1. The predicted octanol–water partition coefficient (Wildman–Crippen LogP) is 3.05. The van der Waals surface area contributed by atoms with Gasteiger partial charge in [-0.25, -0.2) is 0 Å². The second kappa shape index (κ2) is 6.80. The molecule has 0 saturated heterocycles. The Labute approximate surface area is 118 Å². The molecule has 0 radical (unpaired) electrons. The minimum Gasteiger partial charge on any atom is -0.496 e. The van der Waals surface area contributed by atoms with E-state index < -0.39 is 0 Å². The van der Waals surface area contributed by atoms with Gasteiger partial charge < -0.3 is 15.0 Å². The fourth-order valence-corrected chi connectivity index (χ4v) is 2.39. The highest BCUT2D eigenvalue weighted by atomic mass is 16.5. The van der Waals surface area contributed by atoms with Gasteiger partial charge >= 0.3 is 0 Å². The molecule has 0 aromatic heterocycles. The maximum absolute atomic E-state index is 5.47. The van der Waals surface area contributed by atoms with Crippen LogP contribution in [0.15, 0.2) is 6.07 Å². The molecule has 0 unspecified atom stereocenters. The zero-order chi connectivity index (χ0) is 14.6. The second-order valence-electron chi connectivity index (χ2n) is 5.53. The van der Waals surface area contributed by atoms with E-state index in [1.54, 1.807) is 7.11 Å². The topological polar surface area (TPSA) is 24.5 Å². The van der Waals surface area contributed by atoms with E-state index in [4.69, 9.17) is 4.74 Å². The summed E-state index contributed by atoms with van der Waals surface area (Å²) >= 11 is 0. The molecule has 0 saturated carbocycles. The van der Waals surface area contributed by atoms with Crippen LogP contribution in [0.5, 0.6) is 5.75 Å². The highest BCUT2D eigenvalue weighted by molar-refractivity contribution is 5.62. The lowest BCUT2D eigenvalue weighted by atomic mass is 10.0. The van der Waals surface area contributed by atoms with Crippen molar-refractivity contribution in [3.8, 4) is 5.75 Å². The summed E-state index contributed by atoms with van der Waals surface area (Å²) in [5.41, 5.74) is 5.03. The Kier molecular flexibility index (Phi) is 5.67. The second-order valence-corrected chi connectivity index (χ2v) is 5.53. The smallest absolute Gasteiger partial charge is 0.125 e. The van der Waals surface area contributed by atoms with Gasteiger partial charge in [-0.3, -0.25) is 0 Å². The maximum atomic E-state index is 5.47. The van der Waals surface area contributed by atoms with Crippen molar-refractivity contribution in [2.24, 2.45) is 0 Å². The number of ether oxygens (including phenoxy) is 1. The zero-order valence-corrected chi connectivity index (χ0v) is 13.4. The number of hydrogen-bond acceptors (Lipinski definition) is 3. The fraction of sp³-hybridized carbons (Fsp3) is 0.625. The fourth-order valence-electron chi connectivity index (χ4n) is 2.39. The third kappa shape index (κ3) is 3.87. The van der Waals surface area contributed by atoms with Gasteiger partial charge in [0.05, 0.1) is 7.11 Å². The van der Waals surface area contributed by atoms with Crippen molar-refractivity contribution >= 4 is 5.69 Å². The van der Waals surface area contributed by atoms with E-state index in [1.165, 1.54) is 22.4 Å². The van der Waals surface area contributed by atoms with E-state index in [0.717, 1.165) is 18.8 Å². The van der Waals surface area contributed by atoms with Crippen LogP contribution in [-0.4, -0.2) is 33.3 Å². The molecular formula is C16H28N2O. The molecular weight excluding hydrogens is 236 g/mol. The van der Waals surface area contributed by atoms with Gasteiger partial charge in [0.25, 0.3) is 0 Å². The zero-order valence-electron chi connectivity index (χ0n) is 13.4. The summed E-state index contributed by atoms with van der Waals surface area (Å²) in [6, 6.07) is 2.75. The number of nitrogens with one attached hydrogen (secondary N) is 1. The molecule has 0 fully saturated rings. The average molecular weight is 264 g/mol. The van der Waals surface area contributed by atoms with E-state index >= 15 is 0 Å². The summed E-state index contributed by atoms with van der Waals surface area (Å²) < 4.78 is 5.47. The summed E-state index contributed by atoms with van der Waals surface area (Å²) in [6.45, 7) is 12.8. The van der Waals surface area contributed by atoms with Gasteiger partial charge in [-0.2, -0.15) is 0 Å². The van der Waals surface area contributed by atoms with Crippen LogP contribution in [0.2, 0.25) is 0 Å². The normalized spacial score (nSPS) is 10.9. The summed E-state index contributed by atoms with van der Waals surface area (Å²) in [6.07, 6.45) is 0. The average Bonchev–Trinajstić information content (AvgIpc) is 2.33. The third-order valence-electron chi connectivity index (χ3n) is 3.61. The van der Waals surface area contributed by atoms with Crippen molar-refractivity contribution in [2.45, 2.75) is 40.7 Å². The van der Waals surface area contributed by atoms with Crippen LogP contribution < -0.4 is 15.0 Å². The van der Waals surface area contributed by atoms with Gasteiger partial charge in [-0.05, 0) is 43.5 Å². The molecule has 1 aromatic carbocycles. The lowest BCUT2D eigenvalue weighted by Crippen LogP contribution is -2.33. The number of hydrogen-bond donors (Lipinski definition) is 1. The first-order valence-electron chi connectivity index (χ1n) is 6.97. The molecule has 0 aliphatic carbocycles. The van der Waals surface area contributed by atoms with Crippen LogP contribution in [0.4, 0.5) is 5.69 Å². The Bertz CT molecular complexity index is 427. The Morgan fingerprint density at radius 1 is 1.21 bits per heavy atom. The molecule has 0 aliphatic heterocycles. The van der Waals surface area contributed by atoms with E-state index in [1.807, 2.05) is 0 Å². The lowest BCUT2D eigenvalue weighted by Gasteiger charge is -2.25. The van der Waals surface area contributed by atoms with Crippen molar-refractivity contribution in [2.75, 3.05) is 32.1 Å². The molecule has 1 rings (SSSR count). The number of likely N-dealkylation sites (N-methyl/N-ethyl adjacent to an activating group) is 1. The molecule has 108 valence electrons. The predicted molar refractivity (Wildman–Crippen MR) is 83.6 cm³/mol. The number of rotatable bonds is 6. The minimum atomic E-state index is 0.536. The van der Waals surface area contributed by atoms with Gasteiger partial charge in [-0.1, -0.05) is 13.8 Å². The standard InChI is InChI=1S/C16H28N2O/c1-11(2)17-8-9-18(6)15-10-12(3)16(19-7)14(5)13(15)4/h10-11,17H,8-9H2,1-7H3. The van der Waals surface area contributed by atoms with Crippen LogP contribution in [0.25, 0.3) is 0 Å². The van der Waals surface area contributed by atoms with E-state index in [2.05, 4.69) is 57.9 Å². The first-order chi connectivity index (χ1) is 8.88. The van der Waals surface area contributed by atoms with E-state index in [-0.39, 0.29) is 0 Å². The monoisotopic (exact) mass is 264 g/mol. The van der Waals surface area contributed by atoms with Crippen LogP contribution >= 0.6 is 0 Å². The van der Waals surface area contributed by atoms with Crippen LogP contribution in [0.1, 0.15) is 30.5 Å². The molecule has 0 atom stereocenters. The molecule has 0 heterocycles. The molecule has 3 heteroatoms. The van der Waals surface area contributed by atoms with E-state index in [9.17, 15) is 0 Å². The van der Waals surface area contributed by atoms with Gasteiger partial charge in [0.15, 0.2) is 0 Å². The Balaban J connectivity index is 2.89. The molecule has 0 bridgehead atoms. The van der Waals surface area contributed by atoms with E-state index in [0.29, 0.717) is 6.04 Å². The summed E-state index contributed by atoms with van der Waals surface area (Å²) in [4.78, 5) is 2.31. The van der Waals surface area contributed by atoms with Gasteiger partial charge in [0, 0.05) is 31.9 Å². The molecule has 19 heavy (non-hydrogen) atoms.